The highest BCUT2D eigenvalue weighted by Crippen LogP contribution is 2.27. The van der Waals surface area contributed by atoms with Crippen LogP contribution in [0.5, 0.6) is 0 Å². The quantitative estimate of drug-likeness (QED) is 0.500. The van der Waals surface area contributed by atoms with E-state index >= 15 is 0 Å². The fourth-order valence-electron chi connectivity index (χ4n) is 3.47. The van der Waals surface area contributed by atoms with Gasteiger partial charge in [0.05, 0.1) is 41.5 Å². The smallest absolute Gasteiger partial charge is 0.291 e. The highest BCUT2D eigenvalue weighted by atomic mass is 19.1. The second kappa shape index (κ2) is 7.08. The predicted molar refractivity (Wildman–Crippen MR) is 102 cm³/mol. The SMILES string of the molecule is Cc1nc2c(n1C)CN(C(=O)Cc1nc(-c3ccc(F)cc3)ccc1[N+](=O)[O-])C2. The van der Waals surface area contributed by atoms with Gasteiger partial charge in [0.15, 0.2) is 0 Å². The van der Waals surface area contributed by atoms with Gasteiger partial charge in [0.2, 0.25) is 5.91 Å². The van der Waals surface area contributed by atoms with Crippen LogP contribution in [0.15, 0.2) is 36.4 Å². The van der Waals surface area contributed by atoms with Crippen LogP contribution < -0.4 is 0 Å². The average molecular weight is 395 g/mol. The van der Waals surface area contributed by atoms with Crippen LogP contribution in [0.2, 0.25) is 0 Å². The highest BCUT2D eigenvalue weighted by Gasteiger charge is 2.30. The zero-order chi connectivity index (χ0) is 20.7. The fourth-order valence-corrected chi connectivity index (χ4v) is 3.47. The molecule has 9 heteroatoms. The molecule has 3 aromatic rings. The Morgan fingerprint density at radius 3 is 2.55 bits per heavy atom. The molecule has 3 heterocycles. The van der Waals surface area contributed by atoms with Crippen LogP contribution in [0, 0.1) is 22.9 Å². The molecule has 0 unspecified atom stereocenters. The Labute approximate surface area is 165 Å². The summed E-state index contributed by atoms with van der Waals surface area (Å²) in [5.41, 5.74) is 2.75. The average Bonchev–Trinajstić information content (AvgIpc) is 3.21. The van der Waals surface area contributed by atoms with Gasteiger partial charge in [-0.1, -0.05) is 0 Å². The number of nitro groups is 1. The predicted octanol–water partition coefficient (Wildman–Crippen LogP) is 2.92. The minimum atomic E-state index is -0.548. The van der Waals surface area contributed by atoms with Gasteiger partial charge in [-0.15, -0.1) is 0 Å². The lowest BCUT2D eigenvalue weighted by Gasteiger charge is -2.16. The van der Waals surface area contributed by atoms with Gasteiger partial charge in [-0.25, -0.2) is 14.4 Å². The number of pyridine rings is 1. The summed E-state index contributed by atoms with van der Waals surface area (Å²) in [6, 6.07) is 8.50. The van der Waals surface area contributed by atoms with Crippen molar-refractivity contribution in [1.29, 1.82) is 0 Å². The van der Waals surface area contributed by atoms with Crippen molar-refractivity contribution in [2.24, 2.45) is 7.05 Å². The molecular formula is C20H18FN5O3. The lowest BCUT2D eigenvalue weighted by Crippen LogP contribution is -2.28. The summed E-state index contributed by atoms with van der Waals surface area (Å²) < 4.78 is 15.1. The van der Waals surface area contributed by atoms with Crippen molar-refractivity contribution in [2.45, 2.75) is 26.4 Å². The number of imidazole rings is 1. The molecular weight excluding hydrogens is 377 g/mol. The zero-order valence-electron chi connectivity index (χ0n) is 15.9. The van der Waals surface area contributed by atoms with Gasteiger partial charge >= 0.3 is 0 Å². The number of carbonyl (C=O) groups excluding carboxylic acids is 1. The molecule has 0 spiro atoms. The Bertz CT molecular complexity index is 1120. The summed E-state index contributed by atoms with van der Waals surface area (Å²) in [6.45, 7) is 2.69. The molecule has 2 aromatic heterocycles. The molecule has 1 amide bonds. The molecule has 148 valence electrons. The van der Waals surface area contributed by atoms with Gasteiger partial charge in [0, 0.05) is 18.7 Å². The maximum Gasteiger partial charge on any atom is 0.291 e. The molecule has 0 saturated carbocycles. The Morgan fingerprint density at radius 1 is 1.17 bits per heavy atom. The van der Waals surface area contributed by atoms with Crippen LogP contribution in [-0.4, -0.2) is 30.3 Å². The molecule has 0 fully saturated rings. The molecule has 1 aliphatic rings. The first-order chi connectivity index (χ1) is 13.8. The van der Waals surface area contributed by atoms with Crippen LogP contribution in [0.3, 0.4) is 0 Å². The molecule has 0 N–H and O–H groups in total. The van der Waals surface area contributed by atoms with E-state index in [9.17, 15) is 19.3 Å². The van der Waals surface area contributed by atoms with E-state index < -0.39 is 4.92 Å². The molecule has 0 atom stereocenters. The second-order valence-electron chi connectivity index (χ2n) is 6.96. The molecule has 0 radical (unpaired) electrons. The van der Waals surface area contributed by atoms with Crippen molar-refractivity contribution in [2.75, 3.05) is 0 Å². The van der Waals surface area contributed by atoms with Crippen molar-refractivity contribution >= 4 is 11.6 Å². The number of hydrogen-bond acceptors (Lipinski definition) is 5. The van der Waals surface area contributed by atoms with Gasteiger partial charge < -0.3 is 9.47 Å². The van der Waals surface area contributed by atoms with Crippen LogP contribution in [-0.2, 0) is 31.4 Å². The Morgan fingerprint density at radius 2 is 1.90 bits per heavy atom. The van der Waals surface area contributed by atoms with E-state index in [0.717, 1.165) is 17.2 Å². The van der Waals surface area contributed by atoms with E-state index in [1.807, 2.05) is 18.5 Å². The normalized spacial score (nSPS) is 12.9. The topological polar surface area (TPSA) is 94.2 Å². The van der Waals surface area contributed by atoms with Crippen molar-refractivity contribution in [1.82, 2.24) is 19.4 Å². The summed E-state index contributed by atoms with van der Waals surface area (Å²) in [7, 11) is 1.90. The van der Waals surface area contributed by atoms with Gasteiger partial charge in [0.1, 0.15) is 17.3 Å². The third-order valence-electron chi connectivity index (χ3n) is 5.16. The third kappa shape index (κ3) is 3.46. The Balaban J connectivity index is 1.60. The van der Waals surface area contributed by atoms with Crippen LogP contribution in [0.4, 0.5) is 10.1 Å². The minimum absolute atomic E-state index is 0.0851. The Kier molecular flexibility index (Phi) is 4.57. The first-order valence-corrected chi connectivity index (χ1v) is 9.02. The lowest BCUT2D eigenvalue weighted by molar-refractivity contribution is -0.385. The van der Waals surface area contributed by atoms with Gasteiger partial charge in [0.25, 0.3) is 5.69 Å². The van der Waals surface area contributed by atoms with E-state index in [1.165, 1.54) is 24.3 Å². The van der Waals surface area contributed by atoms with Crippen LogP contribution in [0.1, 0.15) is 22.9 Å². The van der Waals surface area contributed by atoms with E-state index in [4.69, 9.17) is 0 Å². The highest BCUT2D eigenvalue weighted by molar-refractivity contribution is 5.80. The van der Waals surface area contributed by atoms with Crippen molar-refractivity contribution in [3.8, 4) is 11.3 Å². The maximum absolute atomic E-state index is 13.2. The number of amides is 1. The van der Waals surface area contributed by atoms with E-state index in [-0.39, 0.29) is 29.5 Å². The summed E-state index contributed by atoms with van der Waals surface area (Å²) in [5.74, 6) is 0.238. The first-order valence-electron chi connectivity index (χ1n) is 9.02. The number of aromatic nitrogens is 3. The summed E-state index contributed by atoms with van der Waals surface area (Å²) in [6.07, 6.45) is -0.196. The monoisotopic (exact) mass is 395 g/mol. The number of carbonyl (C=O) groups is 1. The van der Waals surface area contributed by atoms with Crippen LogP contribution >= 0.6 is 0 Å². The molecule has 29 heavy (non-hydrogen) atoms. The first kappa shape index (κ1) is 18.7. The largest absolute Gasteiger partial charge is 0.333 e. The standard InChI is InChI=1S/C20H18FN5O3/c1-12-22-17-10-25(11-19(17)24(12)2)20(27)9-16-18(26(28)29)8-7-15(23-16)13-3-5-14(21)6-4-13/h3-8H,9-11H2,1-2H3. The number of halogens is 1. The molecule has 0 bridgehead atoms. The van der Waals surface area contributed by atoms with E-state index in [2.05, 4.69) is 9.97 Å². The van der Waals surface area contributed by atoms with E-state index in [1.54, 1.807) is 17.0 Å². The third-order valence-corrected chi connectivity index (χ3v) is 5.16. The minimum Gasteiger partial charge on any atom is -0.333 e. The van der Waals surface area contributed by atoms with Gasteiger partial charge in [-0.05, 0) is 37.3 Å². The number of hydrogen-bond donors (Lipinski definition) is 0. The Hall–Kier alpha value is -3.62. The fraction of sp³-hybridized carbons (Fsp3) is 0.250. The molecule has 0 saturated heterocycles. The maximum atomic E-state index is 13.2. The van der Waals surface area contributed by atoms with Crippen molar-refractivity contribution < 1.29 is 14.1 Å². The molecule has 8 nitrogen and oxygen atoms in total. The number of aryl methyl sites for hydroxylation is 1. The van der Waals surface area contributed by atoms with Crippen molar-refractivity contribution in [3.63, 3.8) is 0 Å². The molecule has 4 rings (SSSR count). The zero-order valence-corrected chi connectivity index (χ0v) is 15.9. The summed E-state index contributed by atoms with van der Waals surface area (Å²) >= 11 is 0. The summed E-state index contributed by atoms with van der Waals surface area (Å²) in [5, 5.41) is 11.4. The summed E-state index contributed by atoms with van der Waals surface area (Å²) in [4.78, 5) is 34.1. The number of nitrogens with zero attached hydrogens (tertiary/aromatic N) is 5. The van der Waals surface area contributed by atoms with Crippen LogP contribution in [0.25, 0.3) is 11.3 Å². The second-order valence-corrected chi connectivity index (χ2v) is 6.96. The number of benzene rings is 1. The lowest BCUT2D eigenvalue weighted by atomic mass is 10.1. The number of fused-ring (bicyclic) bond motifs is 1. The molecule has 0 aliphatic carbocycles. The van der Waals surface area contributed by atoms with Gasteiger partial charge in [-0.2, -0.15) is 0 Å². The molecule has 1 aromatic carbocycles. The van der Waals surface area contributed by atoms with Gasteiger partial charge in [-0.3, -0.25) is 14.9 Å². The van der Waals surface area contributed by atoms with Crippen molar-refractivity contribution in [3.05, 3.63) is 75.2 Å². The molecule has 1 aliphatic heterocycles. The number of rotatable bonds is 4. The van der Waals surface area contributed by atoms with E-state index in [0.29, 0.717) is 24.3 Å².